The Morgan fingerprint density at radius 1 is 1.57 bits per heavy atom. The molecule has 3 atom stereocenters. The van der Waals surface area contributed by atoms with Crippen LogP contribution < -0.4 is 56.5 Å². The molecule has 0 saturated carbocycles. The van der Waals surface area contributed by atoms with E-state index in [2.05, 4.69) is 4.98 Å². The van der Waals surface area contributed by atoms with E-state index in [4.69, 9.17) is 0 Å². The molecule has 1 aromatic rings. The molecule has 1 amide bonds. The van der Waals surface area contributed by atoms with Gasteiger partial charge in [-0.05, 0) is 25.5 Å². The summed E-state index contributed by atoms with van der Waals surface area (Å²) < 4.78 is 0. The number of nitrogens with zero attached hydrogens (tertiary/aromatic N) is 2. The van der Waals surface area contributed by atoms with Gasteiger partial charge in [-0.25, -0.2) is 0 Å². The van der Waals surface area contributed by atoms with Crippen LogP contribution >= 0.6 is 11.8 Å². The molecule has 23 heavy (non-hydrogen) atoms. The van der Waals surface area contributed by atoms with Gasteiger partial charge >= 0.3 is 51.4 Å². The molecule has 2 unspecified atom stereocenters. The summed E-state index contributed by atoms with van der Waals surface area (Å²) in [6.45, 7) is 1.55. The first-order chi connectivity index (χ1) is 10.5. The summed E-state index contributed by atoms with van der Waals surface area (Å²) in [7, 11) is 0. The van der Waals surface area contributed by atoms with Gasteiger partial charge in [0.25, 0.3) is 0 Å². The van der Waals surface area contributed by atoms with Crippen LogP contribution in [0.1, 0.15) is 19.0 Å². The monoisotopic (exact) mass is 358 g/mol. The van der Waals surface area contributed by atoms with Gasteiger partial charge in [-0.3, -0.25) is 9.78 Å². The molecule has 0 radical (unpaired) electrons. The number of thioether (sulfide) groups is 1. The summed E-state index contributed by atoms with van der Waals surface area (Å²) in [5.74, 6) is -1.53. The third-order valence-electron chi connectivity index (χ3n) is 4.01. The van der Waals surface area contributed by atoms with Gasteiger partial charge in [-0.15, -0.1) is 11.8 Å². The van der Waals surface area contributed by atoms with Crippen molar-refractivity contribution in [3.05, 3.63) is 40.7 Å². The fourth-order valence-electron chi connectivity index (χ4n) is 2.96. The SMILES string of the molecule is CC(O)C1C(=O)N2C(SCc3ccccn3)=C(C(=O)[O-])C[C@H]12.[K+]. The minimum Gasteiger partial charge on any atom is -0.545 e. The number of carbonyl (C=O) groups excluding carboxylic acids is 2. The number of aliphatic hydroxyl groups excluding tert-OH is 1. The smallest absolute Gasteiger partial charge is 0.545 e. The van der Waals surface area contributed by atoms with Crippen LogP contribution in [0, 0.1) is 5.92 Å². The molecule has 8 heteroatoms. The Morgan fingerprint density at radius 2 is 2.30 bits per heavy atom. The molecule has 3 heterocycles. The fraction of sp³-hybridized carbons (Fsp3) is 0.400. The number of hydrogen-bond donors (Lipinski definition) is 1. The molecular formula is C15H15KN2O4S. The number of carboxylic acid groups (broad SMARTS) is 1. The average Bonchev–Trinajstić information content (AvgIpc) is 2.80. The van der Waals surface area contributed by atoms with Crippen molar-refractivity contribution in [3.63, 3.8) is 0 Å². The molecule has 1 N–H and O–H groups in total. The van der Waals surface area contributed by atoms with Crippen molar-refractivity contribution in [2.75, 3.05) is 0 Å². The Kier molecular flexibility index (Phi) is 6.46. The molecule has 0 aromatic carbocycles. The molecule has 6 nitrogen and oxygen atoms in total. The number of carbonyl (C=O) groups is 2. The second-order valence-corrected chi connectivity index (χ2v) is 6.39. The number of pyridine rings is 1. The van der Waals surface area contributed by atoms with E-state index in [1.54, 1.807) is 19.2 Å². The predicted octanol–water partition coefficient (Wildman–Crippen LogP) is -3.11. The van der Waals surface area contributed by atoms with Gasteiger partial charge in [0.15, 0.2) is 0 Å². The minimum absolute atomic E-state index is 0. The van der Waals surface area contributed by atoms with Crippen molar-refractivity contribution in [1.82, 2.24) is 9.88 Å². The van der Waals surface area contributed by atoms with E-state index in [0.717, 1.165) is 5.69 Å². The molecule has 0 aliphatic carbocycles. The fourth-order valence-corrected chi connectivity index (χ4v) is 4.12. The maximum Gasteiger partial charge on any atom is 1.00 e. The van der Waals surface area contributed by atoms with Crippen molar-refractivity contribution in [3.8, 4) is 0 Å². The molecule has 3 rings (SSSR count). The van der Waals surface area contributed by atoms with Gasteiger partial charge in [0, 0.05) is 17.5 Å². The quantitative estimate of drug-likeness (QED) is 0.443. The third kappa shape index (κ3) is 3.58. The van der Waals surface area contributed by atoms with Gasteiger partial charge < -0.3 is 19.9 Å². The summed E-state index contributed by atoms with van der Waals surface area (Å²) in [5.41, 5.74) is 0.948. The average molecular weight is 358 g/mol. The first kappa shape index (κ1) is 19.1. The molecule has 2 aliphatic heterocycles. The summed E-state index contributed by atoms with van der Waals surface area (Å²) in [5, 5.41) is 21.4. The van der Waals surface area contributed by atoms with Crippen LogP contribution in [0.15, 0.2) is 35.0 Å². The number of aliphatic hydroxyl groups is 1. The van der Waals surface area contributed by atoms with E-state index in [0.29, 0.717) is 10.8 Å². The van der Waals surface area contributed by atoms with Crippen LogP contribution in [0.4, 0.5) is 0 Å². The Hall–Kier alpha value is -0.224. The Morgan fingerprint density at radius 3 is 2.87 bits per heavy atom. The van der Waals surface area contributed by atoms with Crippen molar-refractivity contribution in [2.45, 2.75) is 31.2 Å². The van der Waals surface area contributed by atoms with Crippen LogP contribution in [0.25, 0.3) is 0 Å². The molecule has 1 saturated heterocycles. The van der Waals surface area contributed by atoms with Crippen LogP contribution in [-0.2, 0) is 15.3 Å². The first-order valence-electron chi connectivity index (χ1n) is 6.99. The van der Waals surface area contributed by atoms with Gasteiger partial charge in [0.2, 0.25) is 5.91 Å². The second-order valence-electron chi connectivity index (χ2n) is 5.43. The Balaban J connectivity index is 0.00000192. The molecule has 0 bridgehead atoms. The Labute approximate surface area is 180 Å². The van der Waals surface area contributed by atoms with Gasteiger partial charge in [-0.1, -0.05) is 6.07 Å². The van der Waals surface area contributed by atoms with Gasteiger partial charge in [0.05, 0.1) is 34.8 Å². The van der Waals surface area contributed by atoms with E-state index in [-0.39, 0.29) is 75.3 Å². The standard InChI is InChI=1S/C15H16N2O4S.K/c1-8(18)12-11-6-10(15(20)21)14(17(11)13(12)19)22-7-9-4-2-3-5-16-9;/h2-5,8,11-12,18H,6-7H2,1H3,(H,20,21);/q;+1/p-1/t8?,11-,12?;/m1./s1. The summed E-state index contributed by atoms with van der Waals surface area (Å²) in [4.78, 5) is 29.2. The predicted molar refractivity (Wildman–Crippen MR) is 78.0 cm³/mol. The topological polar surface area (TPSA) is 93.6 Å². The zero-order valence-electron chi connectivity index (χ0n) is 12.9. The van der Waals surface area contributed by atoms with E-state index in [1.165, 1.54) is 16.7 Å². The third-order valence-corrected chi connectivity index (χ3v) is 5.16. The van der Waals surface area contributed by atoms with E-state index < -0.39 is 18.0 Å². The molecule has 0 spiro atoms. The maximum atomic E-state index is 12.2. The van der Waals surface area contributed by atoms with E-state index in [9.17, 15) is 19.8 Å². The van der Waals surface area contributed by atoms with Crippen molar-refractivity contribution in [2.24, 2.45) is 5.92 Å². The largest absolute Gasteiger partial charge is 1.00 e. The normalized spacial score (nSPS) is 23.9. The number of hydrogen-bond acceptors (Lipinski definition) is 6. The molecule has 1 fully saturated rings. The van der Waals surface area contributed by atoms with Crippen molar-refractivity contribution < 1.29 is 71.2 Å². The summed E-state index contributed by atoms with van der Waals surface area (Å²) >= 11 is 1.27. The molecule has 116 valence electrons. The number of β-lactam (4-membered cyclic amide) rings is 1. The number of aliphatic carboxylic acids is 1. The number of rotatable bonds is 5. The summed E-state index contributed by atoms with van der Waals surface area (Å²) in [6.07, 6.45) is 1.12. The van der Waals surface area contributed by atoms with E-state index >= 15 is 0 Å². The minimum atomic E-state index is -1.25. The number of amides is 1. The van der Waals surface area contributed by atoms with Crippen LogP contribution in [0.2, 0.25) is 0 Å². The zero-order chi connectivity index (χ0) is 15.9. The molecule has 1 aromatic heterocycles. The van der Waals surface area contributed by atoms with E-state index in [1.807, 2.05) is 12.1 Å². The van der Waals surface area contributed by atoms with Gasteiger partial charge in [0.1, 0.15) is 0 Å². The number of fused-ring (bicyclic) bond motifs is 1. The van der Waals surface area contributed by atoms with Crippen LogP contribution in [-0.4, -0.2) is 39.0 Å². The van der Waals surface area contributed by atoms with Gasteiger partial charge in [-0.2, -0.15) is 0 Å². The first-order valence-corrected chi connectivity index (χ1v) is 7.97. The Bertz CT molecular complexity index is 650. The van der Waals surface area contributed by atoms with Crippen LogP contribution in [0.5, 0.6) is 0 Å². The molecular weight excluding hydrogens is 343 g/mol. The van der Waals surface area contributed by atoms with Crippen LogP contribution in [0.3, 0.4) is 0 Å². The second kappa shape index (κ2) is 7.77. The zero-order valence-corrected chi connectivity index (χ0v) is 16.9. The number of aromatic nitrogens is 1. The maximum absolute atomic E-state index is 12.2. The number of carboxylic acids is 1. The molecule has 2 aliphatic rings. The van der Waals surface area contributed by atoms with Crippen molar-refractivity contribution >= 4 is 23.6 Å². The van der Waals surface area contributed by atoms with Crippen molar-refractivity contribution in [1.29, 1.82) is 0 Å². The summed E-state index contributed by atoms with van der Waals surface area (Å²) in [6, 6.07) is 5.23.